The summed E-state index contributed by atoms with van der Waals surface area (Å²) < 4.78 is 21.4. The van der Waals surface area contributed by atoms with Crippen molar-refractivity contribution >= 4 is 16.8 Å². The fourth-order valence-electron chi connectivity index (χ4n) is 6.18. The van der Waals surface area contributed by atoms with Crippen LogP contribution in [0.2, 0.25) is 0 Å². The number of amides is 1. The molecule has 1 aromatic heterocycles. The SMILES string of the molecule is COc1ccc2c3c(n(C)c2c1)[C@@H](CO)N(CC1CC1)CC31CN(C(=O)c2cccc(F)c2)C1. The van der Waals surface area contributed by atoms with Crippen molar-refractivity contribution in [2.75, 3.05) is 39.9 Å². The Balaban J connectivity index is 1.43. The van der Waals surface area contributed by atoms with Crippen molar-refractivity contribution in [3.8, 4) is 5.75 Å². The van der Waals surface area contributed by atoms with Gasteiger partial charge in [-0.15, -0.1) is 0 Å². The number of carbonyl (C=O) groups is 1. The van der Waals surface area contributed by atoms with Gasteiger partial charge in [-0.05, 0) is 54.7 Å². The summed E-state index contributed by atoms with van der Waals surface area (Å²) >= 11 is 0. The molecule has 1 N–H and O–H groups in total. The van der Waals surface area contributed by atoms with Crippen molar-refractivity contribution in [1.29, 1.82) is 0 Å². The predicted octanol–water partition coefficient (Wildman–Crippen LogP) is 3.48. The van der Waals surface area contributed by atoms with Gasteiger partial charge >= 0.3 is 0 Å². The van der Waals surface area contributed by atoms with Crippen LogP contribution in [0.15, 0.2) is 42.5 Å². The van der Waals surface area contributed by atoms with E-state index in [1.54, 1.807) is 19.2 Å². The quantitative estimate of drug-likeness (QED) is 0.630. The number of aliphatic hydroxyl groups is 1. The minimum Gasteiger partial charge on any atom is -0.497 e. The maximum Gasteiger partial charge on any atom is 0.254 e. The molecule has 1 aliphatic carbocycles. The molecule has 1 saturated heterocycles. The average molecular weight is 464 g/mol. The molecule has 6 rings (SSSR count). The molecule has 3 aromatic rings. The summed E-state index contributed by atoms with van der Waals surface area (Å²) in [5.74, 6) is 0.955. The molecule has 0 bridgehead atoms. The molecule has 178 valence electrons. The third kappa shape index (κ3) is 3.25. The van der Waals surface area contributed by atoms with Gasteiger partial charge in [0.2, 0.25) is 0 Å². The van der Waals surface area contributed by atoms with Crippen LogP contribution in [0.25, 0.3) is 10.9 Å². The second-order valence-corrected chi connectivity index (χ2v) is 10.2. The number of benzene rings is 2. The second kappa shape index (κ2) is 7.82. The lowest BCUT2D eigenvalue weighted by molar-refractivity contribution is -0.00224. The van der Waals surface area contributed by atoms with Gasteiger partial charge in [-0.25, -0.2) is 4.39 Å². The number of hydrogen-bond donors (Lipinski definition) is 1. The highest BCUT2D eigenvalue weighted by Gasteiger charge is 2.55. The monoisotopic (exact) mass is 463 g/mol. The summed E-state index contributed by atoms with van der Waals surface area (Å²) in [6.07, 6.45) is 2.48. The number of methoxy groups -OCH3 is 1. The summed E-state index contributed by atoms with van der Waals surface area (Å²) in [4.78, 5) is 17.4. The zero-order chi connectivity index (χ0) is 23.6. The van der Waals surface area contributed by atoms with Crippen molar-refractivity contribution in [3.63, 3.8) is 0 Å². The van der Waals surface area contributed by atoms with E-state index in [2.05, 4.69) is 28.6 Å². The van der Waals surface area contributed by atoms with Crippen LogP contribution in [0, 0.1) is 11.7 Å². The van der Waals surface area contributed by atoms with Gasteiger partial charge in [0.25, 0.3) is 5.91 Å². The van der Waals surface area contributed by atoms with Crippen LogP contribution in [0.1, 0.15) is 40.5 Å². The van der Waals surface area contributed by atoms with E-state index >= 15 is 0 Å². The molecular weight excluding hydrogens is 433 g/mol. The number of ether oxygens (including phenoxy) is 1. The van der Waals surface area contributed by atoms with Crippen LogP contribution >= 0.6 is 0 Å². The van der Waals surface area contributed by atoms with E-state index in [4.69, 9.17) is 4.74 Å². The number of carbonyl (C=O) groups excluding carboxylic acids is 1. The number of aryl methyl sites for hydroxylation is 1. The van der Waals surface area contributed by atoms with Crippen LogP contribution in [0.4, 0.5) is 4.39 Å². The minimum absolute atomic E-state index is 0.0586. The highest BCUT2D eigenvalue weighted by Crippen LogP contribution is 2.50. The maximum absolute atomic E-state index is 13.7. The number of aliphatic hydroxyl groups excluding tert-OH is 1. The Bertz CT molecular complexity index is 1280. The first-order chi connectivity index (χ1) is 16.4. The Kier molecular flexibility index (Phi) is 4.97. The number of hydrogen-bond acceptors (Lipinski definition) is 4. The molecule has 2 aliphatic heterocycles. The van der Waals surface area contributed by atoms with E-state index in [0.29, 0.717) is 24.6 Å². The summed E-state index contributed by atoms with van der Waals surface area (Å²) in [7, 11) is 3.73. The molecule has 1 atom stereocenters. The number of nitrogens with zero attached hydrogens (tertiary/aromatic N) is 3. The van der Waals surface area contributed by atoms with E-state index in [1.807, 2.05) is 11.0 Å². The summed E-state index contributed by atoms with van der Waals surface area (Å²) in [6, 6.07) is 12.0. The van der Waals surface area contributed by atoms with Gasteiger partial charge in [0.1, 0.15) is 11.6 Å². The van der Waals surface area contributed by atoms with Crippen LogP contribution in [0.3, 0.4) is 0 Å². The normalized spacial score (nSPS) is 21.5. The van der Waals surface area contributed by atoms with E-state index in [-0.39, 0.29) is 24.0 Å². The van der Waals surface area contributed by atoms with Gasteiger partial charge in [0.05, 0.1) is 25.3 Å². The van der Waals surface area contributed by atoms with Crippen LogP contribution in [0.5, 0.6) is 5.75 Å². The second-order valence-electron chi connectivity index (χ2n) is 10.2. The fraction of sp³-hybridized carbons (Fsp3) is 0.444. The summed E-state index contributed by atoms with van der Waals surface area (Å²) in [5, 5.41) is 11.6. The summed E-state index contributed by atoms with van der Waals surface area (Å²) in [5.41, 5.74) is 3.62. The Labute approximate surface area is 198 Å². The minimum atomic E-state index is -0.398. The third-order valence-corrected chi connectivity index (χ3v) is 7.95. The van der Waals surface area contributed by atoms with E-state index in [1.165, 1.54) is 30.5 Å². The topological polar surface area (TPSA) is 57.9 Å². The first kappa shape index (κ1) is 21.6. The Morgan fingerprint density at radius 3 is 2.65 bits per heavy atom. The van der Waals surface area contributed by atoms with Crippen LogP contribution in [-0.2, 0) is 12.5 Å². The van der Waals surface area contributed by atoms with Gasteiger partial charge in [0.15, 0.2) is 0 Å². The molecule has 7 heteroatoms. The molecule has 1 spiro atoms. The highest BCUT2D eigenvalue weighted by molar-refractivity contribution is 5.96. The zero-order valence-corrected chi connectivity index (χ0v) is 19.6. The van der Waals surface area contributed by atoms with E-state index < -0.39 is 5.82 Å². The third-order valence-electron chi connectivity index (χ3n) is 7.95. The van der Waals surface area contributed by atoms with E-state index in [9.17, 15) is 14.3 Å². The Morgan fingerprint density at radius 2 is 1.97 bits per heavy atom. The fourth-order valence-corrected chi connectivity index (χ4v) is 6.18. The molecule has 3 heterocycles. The zero-order valence-electron chi connectivity index (χ0n) is 19.6. The van der Waals surface area contributed by atoms with Crippen molar-refractivity contribution in [2.45, 2.75) is 24.3 Å². The molecule has 0 unspecified atom stereocenters. The van der Waals surface area contributed by atoms with Crippen molar-refractivity contribution < 1.29 is 19.0 Å². The van der Waals surface area contributed by atoms with Gasteiger partial charge < -0.3 is 19.3 Å². The first-order valence-corrected chi connectivity index (χ1v) is 12.0. The maximum atomic E-state index is 13.7. The molecule has 2 aromatic carbocycles. The van der Waals surface area contributed by atoms with Gasteiger partial charge in [-0.3, -0.25) is 9.69 Å². The molecular formula is C27H30FN3O3. The largest absolute Gasteiger partial charge is 0.497 e. The Hall–Kier alpha value is -2.90. The molecule has 6 nitrogen and oxygen atoms in total. The van der Waals surface area contributed by atoms with Crippen LogP contribution < -0.4 is 4.74 Å². The van der Waals surface area contributed by atoms with Gasteiger partial charge in [-0.2, -0.15) is 0 Å². The number of likely N-dealkylation sites (tertiary alicyclic amines) is 1. The number of halogens is 1. The number of aromatic nitrogens is 1. The number of rotatable bonds is 5. The lowest BCUT2D eigenvalue weighted by Crippen LogP contribution is -2.67. The van der Waals surface area contributed by atoms with Crippen molar-refractivity contribution in [3.05, 3.63) is 65.1 Å². The standard InChI is InChI=1S/C27H30FN3O3/c1-29-22-11-20(34-2)8-9-21(22)24-25(29)23(13-32)30(12-17-6-7-17)14-27(24)15-31(16-27)26(33)18-4-3-5-19(28)10-18/h3-5,8-11,17,23,32H,6-7,12-16H2,1-2H3/t23-/m1/s1. The van der Waals surface area contributed by atoms with E-state index in [0.717, 1.165) is 35.4 Å². The van der Waals surface area contributed by atoms with Crippen molar-refractivity contribution in [2.24, 2.45) is 13.0 Å². The van der Waals surface area contributed by atoms with Crippen molar-refractivity contribution in [1.82, 2.24) is 14.4 Å². The molecule has 3 aliphatic rings. The van der Waals surface area contributed by atoms with Gasteiger partial charge in [-0.1, -0.05) is 6.07 Å². The van der Waals surface area contributed by atoms with Crippen LogP contribution in [-0.4, -0.2) is 65.3 Å². The lowest BCUT2D eigenvalue weighted by atomic mass is 9.68. The average Bonchev–Trinajstić information content (AvgIpc) is 3.59. The Morgan fingerprint density at radius 1 is 1.18 bits per heavy atom. The van der Waals surface area contributed by atoms with Gasteiger partial charge in [0, 0.05) is 61.4 Å². The molecule has 0 radical (unpaired) electrons. The smallest absolute Gasteiger partial charge is 0.254 e. The molecule has 1 saturated carbocycles. The highest BCUT2D eigenvalue weighted by atomic mass is 19.1. The molecule has 1 amide bonds. The summed E-state index contributed by atoms with van der Waals surface area (Å²) in [6.45, 7) is 3.00. The molecule has 34 heavy (non-hydrogen) atoms. The lowest BCUT2D eigenvalue weighted by Gasteiger charge is -2.56. The first-order valence-electron chi connectivity index (χ1n) is 12.0. The number of fused-ring (bicyclic) bond motifs is 4. The molecule has 2 fully saturated rings. The predicted molar refractivity (Wildman–Crippen MR) is 128 cm³/mol.